The van der Waals surface area contributed by atoms with Crippen LogP contribution in [-0.4, -0.2) is 12.6 Å². The zero-order chi connectivity index (χ0) is 19.3. The monoisotopic (exact) mass is 366 g/mol. The van der Waals surface area contributed by atoms with Crippen molar-refractivity contribution in [2.75, 3.05) is 6.61 Å². The molecule has 0 saturated carbocycles. The van der Waals surface area contributed by atoms with E-state index in [1.807, 2.05) is 0 Å². The Balaban J connectivity index is 3.28. The quantitative estimate of drug-likeness (QED) is 0.123. The van der Waals surface area contributed by atoms with Gasteiger partial charge in [-0.15, -0.1) is 0 Å². The molecule has 0 aromatic heterocycles. The molecule has 0 rings (SSSR count). The molecule has 0 N–H and O–H groups in total. The van der Waals surface area contributed by atoms with Gasteiger partial charge in [0.1, 0.15) is 0 Å². The molecule has 0 fully saturated rings. The van der Waals surface area contributed by atoms with Crippen molar-refractivity contribution >= 4 is 5.97 Å². The summed E-state index contributed by atoms with van der Waals surface area (Å²) in [6.45, 7) is 8.90. The van der Waals surface area contributed by atoms with E-state index in [9.17, 15) is 4.79 Å². The molecule has 0 aromatic rings. The van der Waals surface area contributed by atoms with E-state index in [4.69, 9.17) is 4.74 Å². The third-order valence-corrected chi connectivity index (χ3v) is 5.10. The lowest BCUT2D eigenvalue weighted by atomic mass is 10.0. The minimum Gasteiger partial charge on any atom is -0.462 e. The average molecular weight is 367 g/mol. The second kappa shape index (κ2) is 20.5. The summed E-state index contributed by atoms with van der Waals surface area (Å²) in [6.07, 6.45) is 22.9. The van der Waals surface area contributed by atoms with Crippen molar-refractivity contribution in [1.29, 1.82) is 0 Å². The van der Waals surface area contributed by atoms with Crippen molar-refractivity contribution in [3.05, 3.63) is 12.2 Å². The third kappa shape index (κ3) is 18.0. The molecule has 0 amide bonds. The normalized spacial score (nSPS) is 10.8. The van der Waals surface area contributed by atoms with Gasteiger partial charge in [0.15, 0.2) is 0 Å². The minimum atomic E-state index is -0.180. The van der Waals surface area contributed by atoms with Crippen molar-refractivity contribution in [1.82, 2.24) is 0 Å². The standard InChI is InChI=1S/C24H46O2/c1-4-6-8-10-11-12-13-14-15-16-17-18-19-21-23(3)24(25)26-22-20-9-7-5-2/h3-22H2,1-2H3. The number of carbonyl (C=O) groups is 1. The van der Waals surface area contributed by atoms with Gasteiger partial charge in [-0.3, -0.25) is 0 Å². The first-order chi connectivity index (χ1) is 12.7. The van der Waals surface area contributed by atoms with Crippen molar-refractivity contribution in [3.8, 4) is 0 Å². The van der Waals surface area contributed by atoms with Gasteiger partial charge >= 0.3 is 5.97 Å². The summed E-state index contributed by atoms with van der Waals surface area (Å²) in [5, 5.41) is 0. The predicted molar refractivity (Wildman–Crippen MR) is 115 cm³/mol. The first-order valence-corrected chi connectivity index (χ1v) is 11.6. The van der Waals surface area contributed by atoms with E-state index in [0.717, 1.165) is 25.7 Å². The number of rotatable bonds is 20. The Labute approximate surface area is 164 Å². The van der Waals surface area contributed by atoms with Crippen LogP contribution in [0, 0.1) is 0 Å². The minimum absolute atomic E-state index is 0.180. The zero-order valence-corrected chi connectivity index (χ0v) is 18.0. The molecule has 26 heavy (non-hydrogen) atoms. The molecule has 0 aromatic carbocycles. The lowest BCUT2D eigenvalue weighted by Gasteiger charge is -2.07. The maximum atomic E-state index is 11.8. The highest BCUT2D eigenvalue weighted by molar-refractivity contribution is 5.87. The van der Waals surface area contributed by atoms with Crippen molar-refractivity contribution in [2.24, 2.45) is 0 Å². The Morgan fingerprint density at radius 2 is 1.00 bits per heavy atom. The van der Waals surface area contributed by atoms with Crippen LogP contribution in [0.4, 0.5) is 0 Å². The summed E-state index contributed by atoms with van der Waals surface area (Å²) < 4.78 is 5.28. The highest BCUT2D eigenvalue weighted by Gasteiger charge is 2.07. The van der Waals surface area contributed by atoms with Gasteiger partial charge in [0.25, 0.3) is 0 Å². The van der Waals surface area contributed by atoms with Gasteiger partial charge in [0, 0.05) is 5.57 Å². The van der Waals surface area contributed by atoms with Gasteiger partial charge in [-0.1, -0.05) is 117 Å². The Morgan fingerprint density at radius 1 is 0.615 bits per heavy atom. The molecule has 2 nitrogen and oxygen atoms in total. The summed E-state index contributed by atoms with van der Waals surface area (Å²) in [7, 11) is 0. The number of unbranched alkanes of at least 4 members (excludes halogenated alkanes) is 15. The van der Waals surface area contributed by atoms with Crippen LogP contribution in [0.5, 0.6) is 0 Å². The summed E-state index contributed by atoms with van der Waals surface area (Å²) in [4.78, 5) is 11.8. The maximum Gasteiger partial charge on any atom is 0.333 e. The van der Waals surface area contributed by atoms with Crippen molar-refractivity contribution in [2.45, 2.75) is 129 Å². The lowest BCUT2D eigenvalue weighted by molar-refractivity contribution is -0.139. The van der Waals surface area contributed by atoms with E-state index in [1.54, 1.807) is 0 Å². The van der Waals surface area contributed by atoms with E-state index in [-0.39, 0.29) is 5.97 Å². The molecule has 0 aliphatic rings. The molecular weight excluding hydrogens is 320 g/mol. The van der Waals surface area contributed by atoms with Crippen LogP contribution in [0.15, 0.2) is 12.2 Å². The van der Waals surface area contributed by atoms with Crippen molar-refractivity contribution in [3.63, 3.8) is 0 Å². The molecule has 0 atom stereocenters. The lowest BCUT2D eigenvalue weighted by Crippen LogP contribution is -2.08. The van der Waals surface area contributed by atoms with Gasteiger partial charge < -0.3 is 4.74 Å². The number of esters is 1. The molecule has 0 aliphatic carbocycles. The molecule has 0 radical (unpaired) electrons. The highest BCUT2D eigenvalue weighted by atomic mass is 16.5. The largest absolute Gasteiger partial charge is 0.462 e. The van der Waals surface area contributed by atoms with E-state index < -0.39 is 0 Å². The Morgan fingerprint density at radius 3 is 1.46 bits per heavy atom. The van der Waals surface area contributed by atoms with Gasteiger partial charge in [-0.25, -0.2) is 4.79 Å². The van der Waals surface area contributed by atoms with Crippen LogP contribution in [-0.2, 0) is 9.53 Å². The fourth-order valence-electron chi connectivity index (χ4n) is 3.25. The number of ether oxygens (including phenoxy) is 1. The van der Waals surface area contributed by atoms with Gasteiger partial charge in [0.2, 0.25) is 0 Å². The smallest absolute Gasteiger partial charge is 0.333 e. The molecule has 0 saturated heterocycles. The molecule has 154 valence electrons. The van der Waals surface area contributed by atoms with Gasteiger partial charge in [-0.05, 0) is 19.3 Å². The van der Waals surface area contributed by atoms with E-state index in [0.29, 0.717) is 12.2 Å². The molecule has 0 aliphatic heterocycles. The maximum absolute atomic E-state index is 11.8. The summed E-state index contributed by atoms with van der Waals surface area (Å²) >= 11 is 0. The summed E-state index contributed by atoms with van der Waals surface area (Å²) in [5.74, 6) is -0.180. The predicted octanol–water partition coefficient (Wildman–Crippen LogP) is 8.15. The molecule has 0 unspecified atom stereocenters. The highest BCUT2D eigenvalue weighted by Crippen LogP contribution is 2.14. The fraction of sp³-hybridized carbons (Fsp3) is 0.875. The van der Waals surface area contributed by atoms with E-state index in [1.165, 1.54) is 89.9 Å². The van der Waals surface area contributed by atoms with Crippen LogP contribution < -0.4 is 0 Å². The Bertz CT molecular complexity index is 322. The van der Waals surface area contributed by atoms with Crippen LogP contribution in [0.25, 0.3) is 0 Å². The van der Waals surface area contributed by atoms with Crippen molar-refractivity contribution < 1.29 is 9.53 Å². The van der Waals surface area contributed by atoms with Crippen LogP contribution in [0.1, 0.15) is 129 Å². The van der Waals surface area contributed by atoms with Crippen LogP contribution in [0.3, 0.4) is 0 Å². The average Bonchev–Trinajstić information content (AvgIpc) is 2.65. The summed E-state index contributed by atoms with van der Waals surface area (Å²) in [6, 6.07) is 0. The number of carbonyl (C=O) groups excluding carboxylic acids is 1. The van der Waals surface area contributed by atoms with Gasteiger partial charge in [0.05, 0.1) is 6.61 Å². The molecule has 0 bridgehead atoms. The number of hydrogen-bond donors (Lipinski definition) is 0. The fourth-order valence-corrected chi connectivity index (χ4v) is 3.25. The molecule has 2 heteroatoms. The topological polar surface area (TPSA) is 26.3 Å². The first-order valence-electron chi connectivity index (χ1n) is 11.6. The third-order valence-electron chi connectivity index (χ3n) is 5.10. The van der Waals surface area contributed by atoms with Crippen LogP contribution in [0.2, 0.25) is 0 Å². The second-order valence-electron chi connectivity index (χ2n) is 7.79. The Hall–Kier alpha value is -0.790. The van der Waals surface area contributed by atoms with Gasteiger partial charge in [-0.2, -0.15) is 0 Å². The van der Waals surface area contributed by atoms with E-state index in [2.05, 4.69) is 20.4 Å². The summed E-state index contributed by atoms with van der Waals surface area (Å²) in [5.41, 5.74) is 0.656. The zero-order valence-electron chi connectivity index (χ0n) is 18.0. The SMILES string of the molecule is C=C(CCCCCCCCCCCCCCC)C(=O)OCCCCCC. The van der Waals surface area contributed by atoms with E-state index >= 15 is 0 Å². The molecule has 0 spiro atoms. The Kier molecular flexibility index (Phi) is 19.9. The second-order valence-corrected chi connectivity index (χ2v) is 7.79. The van der Waals surface area contributed by atoms with Crippen LogP contribution >= 0.6 is 0 Å². The molecular formula is C24H46O2. The number of hydrogen-bond acceptors (Lipinski definition) is 2. The first kappa shape index (κ1) is 25.2. The molecule has 0 heterocycles.